The van der Waals surface area contributed by atoms with Crippen molar-refractivity contribution >= 4 is 5.91 Å². The van der Waals surface area contributed by atoms with E-state index >= 15 is 0 Å². The summed E-state index contributed by atoms with van der Waals surface area (Å²) in [5.41, 5.74) is 0.748. The van der Waals surface area contributed by atoms with E-state index in [9.17, 15) is 9.18 Å². The molecular weight excluding hydrogens is 241 g/mol. The van der Waals surface area contributed by atoms with E-state index < -0.39 is 0 Å². The van der Waals surface area contributed by atoms with E-state index in [0.29, 0.717) is 12.1 Å². The van der Waals surface area contributed by atoms with Crippen LogP contribution in [0.25, 0.3) is 0 Å². The predicted molar refractivity (Wildman–Crippen MR) is 74.7 cm³/mol. The van der Waals surface area contributed by atoms with Crippen LogP contribution in [0.5, 0.6) is 0 Å². The highest BCUT2D eigenvalue weighted by Gasteiger charge is 2.26. The van der Waals surface area contributed by atoms with Crippen molar-refractivity contribution in [1.29, 1.82) is 0 Å². The Labute approximate surface area is 114 Å². The van der Waals surface area contributed by atoms with Gasteiger partial charge in [-0.05, 0) is 38.3 Å². The molecule has 0 saturated heterocycles. The van der Waals surface area contributed by atoms with Crippen molar-refractivity contribution in [2.45, 2.75) is 52.0 Å². The minimum atomic E-state index is -0.373. The third-order valence-electron chi connectivity index (χ3n) is 4.04. The minimum absolute atomic E-state index is 0.157. The lowest BCUT2D eigenvalue weighted by Gasteiger charge is -2.33. The van der Waals surface area contributed by atoms with Crippen LogP contribution < -0.4 is 0 Å². The summed E-state index contributed by atoms with van der Waals surface area (Å²) < 4.78 is 14.1. The van der Waals surface area contributed by atoms with E-state index in [1.54, 1.807) is 25.1 Å². The van der Waals surface area contributed by atoms with Crippen molar-refractivity contribution < 1.29 is 9.18 Å². The van der Waals surface area contributed by atoms with Crippen LogP contribution in [-0.2, 0) is 0 Å². The number of hydrogen-bond acceptors (Lipinski definition) is 1. The molecule has 3 heteroatoms. The standard InChI is InChI=1S/C16H22FNO/c1-3-18(13-9-5-4-6-10-13)16(19)14-11-7-8-12(2)15(14)17/h7-8,11,13H,3-6,9-10H2,1-2H3. The van der Waals surface area contributed by atoms with Crippen LogP contribution in [0.1, 0.15) is 54.9 Å². The first-order chi connectivity index (χ1) is 9.15. The molecule has 0 unspecified atom stereocenters. The zero-order valence-corrected chi connectivity index (χ0v) is 11.8. The number of carbonyl (C=O) groups is 1. The van der Waals surface area contributed by atoms with Crippen LogP contribution in [0, 0.1) is 12.7 Å². The SMILES string of the molecule is CCN(C(=O)c1cccc(C)c1F)C1CCCCC1. The number of rotatable bonds is 3. The van der Waals surface area contributed by atoms with Crippen LogP contribution in [0.3, 0.4) is 0 Å². The highest BCUT2D eigenvalue weighted by atomic mass is 19.1. The second-order valence-corrected chi connectivity index (χ2v) is 5.32. The van der Waals surface area contributed by atoms with Crippen molar-refractivity contribution in [1.82, 2.24) is 4.90 Å². The summed E-state index contributed by atoms with van der Waals surface area (Å²) in [5, 5.41) is 0. The average molecular weight is 263 g/mol. The first-order valence-electron chi connectivity index (χ1n) is 7.21. The minimum Gasteiger partial charge on any atom is -0.336 e. The lowest BCUT2D eigenvalue weighted by Crippen LogP contribution is -2.41. The van der Waals surface area contributed by atoms with Crippen LogP contribution in [0.15, 0.2) is 18.2 Å². The molecule has 0 N–H and O–H groups in total. The smallest absolute Gasteiger partial charge is 0.257 e. The van der Waals surface area contributed by atoms with E-state index in [2.05, 4.69) is 0 Å². The fourth-order valence-corrected chi connectivity index (χ4v) is 2.93. The Hall–Kier alpha value is -1.38. The van der Waals surface area contributed by atoms with Gasteiger partial charge in [0.15, 0.2) is 0 Å². The molecule has 104 valence electrons. The van der Waals surface area contributed by atoms with Gasteiger partial charge in [0.2, 0.25) is 0 Å². The molecule has 1 aromatic rings. The van der Waals surface area contributed by atoms with Gasteiger partial charge in [0.25, 0.3) is 5.91 Å². The van der Waals surface area contributed by atoms with E-state index in [4.69, 9.17) is 0 Å². The maximum absolute atomic E-state index is 14.1. The molecule has 0 radical (unpaired) electrons. The zero-order chi connectivity index (χ0) is 13.8. The molecular formula is C16H22FNO. The molecule has 0 aromatic heterocycles. The Bertz CT molecular complexity index is 452. The van der Waals surface area contributed by atoms with Gasteiger partial charge in [0, 0.05) is 12.6 Å². The van der Waals surface area contributed by atoms with E-state index in [0.717, 1.165) is 12.8 Å². The highest BCUT2D eigenvalue weighted by Crippen LogP contribution is 2.24. The molecule has 2 rings (SSSR count). The summed E-state index contributed by atoms with van der Waals surface area (Å²) in [7, 11) is 0. The van der Waals surface area contributed by atoms with Gasteiger partial charge in [-0.2, -0.15) is 0 Å². The van der Waals surface area contributed by atoms with Crippen molar-refractivity contribution in [3.63, 3.8) is 0 Å². The molecule has 1 aromatic carbocycles. The number of hydrogen-bond donors (Lipinski definition) is 0. The van der Waals surface area contributed by atoms with Crippen LogP contribution in [-0.4, -0.2) is 23.4 Å². The normalized spacial score (nSPS) is 16.4. The Morgan fingerprint density at radius 2 is 2.00 bits per heavy atom. The fraction of sp³-hybridized carbons (Fsp3) is 0.562. The Morgan fingerprint density at radius 3 is 2.63 bits per heavy atom. The van der Waals surface area contributed by atoms with E-state index in [1.165, 1.54) is 19.3 Å². The van der Waals surface area contributed by atoms with Crippen LogP contribution in [0.2, 0.25) is 0 Å². The van der Waals surface area contributed by atoms with Gasteiger partial charge in [0.1, 0.15) is 5.82 Å². The molecule has 0 atom stereocenters. The van der Waals surface area contributed by atoms with Gasteiger partial charge in [-0.25, -0.2) is 4.39 Å². The van der Waals surface area contributed by atoms with Gasteiger partial charge in [-0.1, -0.05) is 31.4 Å². The number of halogens is 1. The third kappa shape index (κ3) is 2.96. The summed E-state index contributed by atoms with van der Waals surface area (Å²) in [6.45, 7) is 4.32. The molecule has 1 saturated carbocycles. The van der Waals surface area contributed by atoms with E-state index in [-0.39, 0.29) is 23.3 Å². The summed E-state index contributed by atoms with van der Waals surface area (Å²) in [4.78, 5) is 14.4. The van der Waals surface area contributed by atoms with Crippen molar-refractivity contribution in [3.8, 4) is 0 Å². The number of nitrogens with zero attached hydrogens (tertiary/aromatic N) is 1. The lowest BCUT2D eigenvalue weighted by atomic mass is 9.93. The van der Waals surface area contributed by atoms with Crippen molar-refractivity contribution in [2.75, 3.05) is 6.54 Å². The molecule has 1 aliphatic carbocycles. The first-order valence-corrected chi connectivity index (χ1v) is 7.21. The van der Waals surface area contributed by atoms with Gasteiger partial charge in [0.05, 0.1) is 5.56 Å². The predicted octanol–water partition coefficient (Wildman–Crippen LogP) is 3.93. The third-order valence-corrected chi connectivity index (χ3v) is 4.04. The second-order valence-electron chi connectivity index (χ2n) is 5.32. The van der Waals surface area contributed by atoms with Gasteiger partial charge in [-0.15, -0.1) is 0 Å². The van der Waals surface area contributed by atoms with Crippen molar-refractivity contribution in [2.24, 2.45) is 0 Å². The number of amides is 1. The molecule has 1 amide bonds. The summed E-state index contributed by atoms with van der Waals surface area (Å²) >= 11 is 0. The summed E-state index contributed by atoms with van der Waals surface area (Å²) in [5.74, 6) is -0.530. The highest BCUT2D eigenvalue weighted by molar-refractivity contribution is 5.95. The molecule has 0 aliphatic heterocycles. The summed E-state index contributed by atoms with van der Waals surface area (Å²) in [6, 6.07) is 5.32. The van der Waals surface area contributed by atoms with E-state index in [1.807, 2.05) is 11.8 Å². The Kier molecular flexibility index (Phi) is 4.56. The topological polar surface area (TPSA) is 20.3 Å². The maximum atomic E-state index is 14.1. The van der Waals surface area contributed by atoms with Gasteiger partial charge in [-0.3, -0.25) is 4.79 Å². The lowest BCUT2D eigenvalue weighted by molar-refractivity contribution is 0.0643. The molecule has 1 aliphatic rings. The number of benzene rings is 1. The van der Waals surface area contributed by atoms with Gasteiger partial charge >= 0.3 is 0 Å². The number of aryl methyl sites for hydroxylation is 1. The molecule has 0 heterocycles. The molecule has 0 bridgehead atoms. The second kappa shape index (κ2) is 6.18. The quantitative estimate of drug-likeness (QED) is 0.809. The Balaban J connectivity index is 2.22. The number of carbonyl (C=O) groups excluding carboxylic acids is 1. The molecule has 0 spiro atoms. The first kappa shape index (κ1) is 14.0. The Morgan fingerprint density at radius 1 is 1.32 bits per heavy atom. The molecule has 19 heavy (non-hydrogen) atoms. The average Bonchev–Trinajstić information content (AvgIpc) is 2.44. The van der Waals surface area contributed by atoms with Crippen LogP contribution in [0.4, 0.5) is 4.39 Å². The van der Waals surface area contributed by atoms with Gasteiger partial charge < -0.3 is 4.90 Å². The fourth-order valence-electron chi connectivity index (χ4n) is 2.93. The zero-order valence-electron chi connectivity index (χ0n) is 11.8. The molecule has 2 nitrogen and oxygen atoms in total. The monoisotopic (exact) mass is 263 g/mol. The van der Waals surface area contributed by atoms with Crippen molar-refractivity contribution in [3.05, 3.63) is 35.1 Å². The van der Waals surface area contributed by atoms with Crippen LogP contribution >= 0.6 is 0 Å². The maximum Gasteiger partial charge on any atom is 0.257 e. The largest absolute Gasteiger partial charge is 0.336 e. The molecule has 1 fully saturated rings. The summed E-state index contributed by atoms with van der Waals surface area (Å²) in [6.07, 6.45) is 5.69.